The molecule has 0 N–H and O–H groups in total. The molecule has 77 heavy (non-hydrogen) atoms. The van der Waals surface area contributed by atoms with Crippen LogP contribution in [-0.2, 0) is 0 Å². The molecule has 0 unspecified atom stereocenters. The van der Waals surface area contributed by atoms with Gasteiger partial charge >= 0.3 is 0 Å². The van der Waals surface area contributed by atoms with Crippen LogP contribution in [0.1, 0.15) is 38.9 Å². The molecule has 4 heteroatoms. The van der Waals surface area contributed by atoms with Gasteiger partial charge in [-0.25, -0.2) is 0 Å². The third-order valence-electron chi connectivity index (χ3n) is 15.5. The molecule has 0 atom stereocenters. The van der Waals surface area contributed by atoms with Gasteiger partial charge in [-0.05, 0) is 181 Å². The van der Waals surface area contributed by atoms with Crippen molar-refractivity contribution in [2.45, 2.75) is 34.6 Å². The molecule has 2 heterocycles. The molecular weight excluding hydrogens is 933 g/mol. The van der Waals surface area contributed by atoms with Crippen molar-refractivity contribution in [2.75, 3.05) is 0 Å². The lowest BCUT2D eigenvalue weighted by molar-refractivity contribution is 1.17. The molecule has 2 aromatic heterocycles. The Morgan fingerprint density at radius 2 is 0.662 bits per heavy atom. The van der Waals surface area contributed by atoms with E-state index in [4.69, 9.17) is 0 Å². The number of hydrogen-bond donors (Lipinski definition) is 0. The molecule has 0 bridgehead atoms. The zero-order valence-electron chi connectivity index (χ0n) is 43.7. The number of nitriles is 2. The molecule has 0 amide bonds. The summed E-state index contributed by atoms with van der Waals surface area (Å²) in [5, 5.41) is 26.3. The Labute approximate surface area is 449 Å². The number of aryl methyl sites for hydroxylation is 5. The predicted molar refractivity (Wildman–Crippen MR) is 321 cm³/mol. The van der Waals surface area contributed by atoms with Crippen LogP contribution in [0, 0.1) is 57.3 Å². The predicted octanol–water partition coefficient (Wildman–Crippen LogP) is 19.2. The molecule has 0 aliphatic carbocycles. The van der Waals surface area contributed by atoms with Crippen molar-refractivity contribution in [3.8, 4) is 90.3 Å². The minimum absolute atomic E-state index is 0.546. The smallest absolute Gasteiger partial charge is 0.0998 e. The summed E-state index contributed by atoms with van der Waals surface area (Å²) in [6.07, 6.45) is 0. The van der Waals surface area contributed by atoms with E-state index in [9.17, 15) is 10.5 Å². The summed E-state index contributed by atoms with van der Waals surface area (Å²) in [5.74, 6) is 0. The SMILES string of the molecule is Cc1cccc(-c2ccc3c(c2)c2cc(-c4cccc(C)c4)ccc2n3-c2ccc(C#N)c(-c3cc(-c4ccc(C)cc4C#N)ccc3-n3c4ccc(-c5cccc(C)c5)cc4c4cc(-c5cccc(C)c5)ccc43)c2)c1. The fraction of sp³-hybridized carbons (Fsp3) is 0.0685. The molecule has 0 fully saturated rings. The second-order valence-corrected chi connectivity index (χ2v) is 20.8. The molecule has 4 nitrogen and oxygen atoms in total. The zero-order chi connectivity index (χ0) is 52.5. The molecule has 13 aromatic rings. The Morgan fingerprint density at radius 3 is 1.08 bits per heavy atom. The van der Waals surface area contributed by atoms with Gasteiger partial charge in [-0.2, -0.15) is 10.5 Å². The van der Waals surface area contributed by atoms with Gasteiger partial charge < -0.3 is 9.13 Å². The zero-order valence-corrected chi connectivity index (χ0v) is 43.7. The average Bonchev–Trinajstić information content (AvgIpc) is 3.97. The third-order valence-corrected chi connectivity index (χ3v) is 15.5. The van der Waals surface area contributed by atoms with Crippen LogP contribution in [0.25, 0.3) is 122 Å². The summed E-state index contributed by atoms with van der Waals surface area (Å²) < 4.78 is 4.73. The maximum atomic E-state index is 11.2. The maximum absolute atomic E-state index is 11.2. The van der Waals surface area contributed by atoms with Crippen molar-refractivity contribution in [1.82, 2.24) is 9.13 Å². The lowest BCUT2D eigenvalue weighted by atomic mass is 9.92. The Hall–Kier alpha value is -10.0. The standard InChI is InChI=1S/C73H52N4/c1-45-10-6-14-50(32-45)54-20-27-69-65(37-54)66-38-55(51-15-7-11-46(2)33-51)21-28-70(66)76(69)61-25-19-59(43-74)63(42-61)64-41-58(62-26-18-49(5)36-60(62)44-75)24-31-71(64)77-72-29-22-56(52-16-8-12-47(3)34-52)39-67(72)68-40-57(23-30-73(68)77)53-17-9-13-48(4)35-53/h6-42H,1-5H3. The van der Waals surface area contributed by atoms with E-state index in [-0.39, 0.29) is 0 Å². The van der Waals surface area contributed by atoms with E-state index in [0.29, 0.717) is 11.1 Å². The second kappa shape index (κ2) is 18.7. The maximum Gasteiger partial charge on any atom is 0.0998 e. The first-order valence-corrected chi connectivity index (χ1v) is 26.2. The highest BCUT2D eigenvalue weighted by molar-refractivity contribution is 6.13. The lowest BCUT2D eigenvalue weighted by Crippen LogP contribution is -2.01. The summed E-state index contributed by atoms with van der Waals surface area (Å²) in [6, 6.07) is 85.9. The van der Waals surface area contributed by atoms with Crippen LogP contribution >= 0.6 is 0 Å². The van der Waals surface area contributed by atoms with Gasteiger partial charge in [0.05, 0.1) is 51.0 Å². The van der Waals surface area contributed by atoms with Gasteiger partial charge in [-0.3, -0.25) is 0 Å². The van der Waals surface area contributed by atoms with E-state index in [1.165, 1.54) is 33.4 Å². The summed E-state index contributed by atoms with van der Waals surface area (Å²) in [7, 11) is 0. The lowest BCUT2D eigenvalue weighted by Gasteiger charge is -2.19. The first kappa shape index (κ1) is 46.8. The fourth-order valence-electron chi connectivity index (χ4n) is 11.7. The third kappa shape index (κ3) is 8.25. The topological polar surface area (TPSA) is 57.4 Å². The second-order valence-electron chi connectivity index (χ2n) is 20.8. The van der Waals surface area contributed by atoms with Gasteiger partial charge in [-0.15, -0.1) is 0 Å². The van der Waals surface area contributed by atoms with E-state index in [1.54, 1.807) is 0 Å². The van der Waals surface area contributed by atoms with Gasteiger partial charge in [0, 0.05) is 38.4 Å². The number of hydrogen-bond acceptors (Lipinski definition) is 2. The summed E-state index contributed by atoms with van der Waals surface area (Å²) in [5.41, 5.74) is 25.7. The highest BCUT2D eigenvalue weighted by atomic mass is 15.0. The van der Waals surface area contributed by atoms with Crippen LogP contribution in [0.3, 0.4) is 0 Å². The van der Waals surface area contributed by atoms with E-state index in [1.807, 2.05) is 25.1 Å². The number of rotatable bonds is 8. The van der Waals surface area contributed by atoms with Crippen LogP contribution in [-0.4, -0.2) is 9.13 Å². The molecule has 0 aliphatic heterocycles. The largest absolute Gasteiger partial charge is 0.309 e. The van der Waals surface area contributed by atoms with Crippen molar-refractivity contribution >= 4 is 43.6 Å². The van der Waals surface area contributed by atoms with Crippen LogP contribution < -0.4 is 0 Å². The molecule has 0 aliphatic rings. The molecule has 0 saturated carbocycles. The number of nitrogens with zero attached hydrogens (tertiary/aromatic N) is 4. The number of aromatic nitrogens is 2. The van der Waals surface area contributed by atoms with E-state index < -0.39 is 0 Å². The molecule has 13 rings (SSSR count). The first-order chi connectivity index (χ1) is 37.6. The minimum Gasteiger partial charge on any atom is -0.309 e. The van der Waals surface area contributed by atoms with Gasteiger partial charge in [0.2, 0.25) is 0 Å². The molecule has 0 spiro atoms. The summed E-state index contributed by atoms with van der Waals surface area (Å²) >= 11 is 0. The first-order valence-electron chi connectivity index (χ1n) is 26.2. The van der Waals surface area contributed by atoms with E-state index >= 15 is 0 Å². The molecule has 0 radical (unpaired) electrons. The van der Waals surface area contributed by atoms with Crippen molar-refractivity contribution in [2.24, 2.45) is 0 Å². The van der Waals surface area contributed by atoms with Gasteiger partial charge in [0.25, 0.3) is 0 Å². The average molecular weight is 985 g/mol. The quantitative estimate of drug-likeness (QED) is 0.152. The summed E-state index contributed by atoms with van der Waals surface area (Å²) in [4.78, 5) is 0. The number of benzene rings is 11. The Balaban J connectivity index is 1.08. The normalized spacial score (nSPS) is 11.4. The van der Waals surface area contributed by atoms with Gasteiger partial charge in [0.15, 0.2) is 0 Å². The Bertz CT molecular complexity index is 4450. The van der Waals surface area contributed by atoms with Crippen LogP contribution in [0.15, 0.2) is 224 Å². The molecule has 0 saturated heterocycles. The van der Waals surface area contributed by atoms with Crippen LogP contribution in [0.5, 0.6) is 0 Å². The molecule has 11 aromatic carbocycles. The van der Waals surface area contributed by atoms with Crippen LogP contribution in [0.4, 0.5) is 0 Å². The van der Waals surface area contributed by atoms with Crippen molar-refractivity contribution < 1.29 is 0 Å². The monoisotopic (exact) mass is 984 g/mol. The van der Waals surface area contributed by atoms with E-state index in [2.05, 4.69) is 255 Å². The fourth-order valence-corrected chi connectivity index (χ4v) is 11.7. The highest BCUT2D eigenvalue weighted by Gasteiger charge is 2.23. The Kier molecular flexibility index (Phi) is 11.4. The Morgan fingerprint density at radius 1 is 0.273 bits per heavy atom. The van der Waals surface area contributed by atoms with Crippen molar-refractivity contribution in [3.05, 3.63) is 263 Å². The molecule has 364 valence electrons. The molecular formula is C73H52N4. The minimum atomic E-state index is 0.546. The number of fused-ring (bicyclic) bond motifs is 6. The van der Waals surface area contributed by atoms with Crippen molar-refractivity contribution in [1.29, 1.82) is 10.5 Å². The van der Waals surface area contributed by atoms with Crippen molar-refractivity contribution in [3.63, 3.8) is 0 Å². The van der Waals surface area contributed by atoms with Gasteiger partial charge in [0.1, 0.15) is 0 Å². The summed E-state index contributed by atoms with van der Waals surface area (Å²) in [6.45, 7) is 10.6. The van der Waals surface area contributed by atoms with Crippen LogP contribution in [0.2, 0.25) is 0 Å². The van der Waals surface area contributed by atoms with Gasteiger partial charge in [-0.1, -0.05) is 162 Å². The highest BCUT2D eigenvalue weighted by Crippen LogP contribution is 2.44. The van der Waals surface area contributed by atoms with E-state index in [0.717, 1.165) is 116 Å².